The number of ether oxygens (including phenoxy) is 1. The van der Waals surface area contributed by atoms with Crippen LogP contribution in [0.4, 0.5) is 0 Å². The van der Waals surface area contributed by atoms with E-state index < -0.39 is 28.6 Å². The van der Waals surface area contributed by atoms with Crippen molar-refractivity contribution in [1.82, 2.24) is 4.72 Å². The van der Waals surface area contributed by atoms with Crippen LogP contribution in [0.2, 0.25) is 0 Å². The molecular weight excluding hydrogens is 274 g/mol. The van der Waals surface area contributed by atoms with Crippen molar-refractivity contribution in [2.75, 3.05) is 13.7 Å². The monoisotopic (exact) mass is 289 g/mol. The first-order chi connectivity index (χ1) is 8.92. The highest BCUT2D eigenvalue weighted by Crippen LogP contribution is 2.22. The van der Waals surface area contributed by atoms with Gasteiger partial charge in [0.05, 0.1) is 7.11 Å². The number of benzene rings is 1. The molecule has 3 N–H and O–H groups in total. The highest BCUT2D eigenvalue weighted by Gasteiger charge is 2.26. The van der Waals surface area contributed by atoms with Crippen molar-refractivity contribution in [2.24, 2.45) is 0 Å². The predicted molar refractivity (Wildman–Crippen MR) is 66.4 cm³/mol. The Morgan fingerprint density at radius 3 is 2.58 bits per heavy atom. The van der Waals surface area contributed by atoms with Crippen molar-refractivity contribution < 1.29 is 28.2 Å². The van der Waals surface area contributed by atoms with Crippen LogP contribution in [0.3, 0.4) is 0 Å². The van der Waals surface area contributed by atoms with E-state index in [2.05, 4.69) is 0 Å². The highest BCUT2D eigenvalue weighted by atomic mass is 32.2. The van der Waals surface area contributed by atoms with Crippen LogP contribution in [-0.2, 0) is 14.8 Å². The van der Waals surface area contributed by atoms with E-state index in [0.717, 1.165) is 0 Å². The van der Waals surface area contributed by atoms with Gasteiger partial charge in [-0.2, -0.15) is 4.72 Å². The van der Waals surface area contributed by atoms with E-state index in [1.54, 1.807) is 6.07 Å². The van der Waals surface area contributed by atoms with Gasteiger partial charge >= 0.3 is 5.97 Å². The van der Waals surface area contributed by atoms with E-state index >= 15 is 0 Å². The molecule has 0 aromatic heterocycles. The molecule has 8 heteroatoms. The molecule has 0 bridgehead atoms. The Labute approximate surface area is 110 Å². The molecule has 1 atom stereocenters. The molecule has 0 fully saturated rings. The molecule has 0 aliphatic heterocycles. The molecule has 0 aliphatic rings. The normalized spacial score (nSPS) is 12.9. The lowest BCUT2D eigenvalue weighted by molar-refractivity contribution is -0.139. The van der Waals surface area contributed by atoms with Crippen molar-refractivity contribution in [3.05, 3.63) is 24.3 Å². The van der Waals surface area contributed by atoms with Crippen molar-refractivity contribution >= 4 is 16.0 Å². The Morgan fingerprint density at radius 1 is 1.42 bits per heavy atom. The summed E-state index contributed by atoms with van der Waals surface area (Å²) in [4.78, 5) is 10.7. The number of para-hydroxylation sites is 1. The fourth-order valence-electron chi connectivity index (χ4n) is 1.45. The van der Waals surface area contributed by atoms with Gasteiger partial charge in [-0.3, -0.25) is 4.79 Å². The van der Waals surface area contributed by atoms with Gasteiger partial charge in [0.1, 0.15) is 16.7 Å². The van der Waals surface area contributed by atoms with Crippen LogP contribution < -0.4 is 9.46 Å². The molecule has 106 valence electrons. The lowest BCUT2D eigenvalue weighted by Gasteiger charge is -2.15. The quantitative estimate of drug-likeness (QED) is 0.641. The maximum Gasteiger partial charge on any atom is 0.321 e. The smallest absolute Gasteiger partial charge is 0.321 e. The van der Waals surface area contributed by atoms with Crippen LogP contribution >= 0.6 is 0 Å². The van der Waals surface area contributed by atoms with E-state index in [-0.39, 0.29) is 17.1 Å². The van der Waals surface area contributed by atoms with Gasteiger partial charge in [0.2, 0.25) is 10.0 Å². The SMILES string of the molecule is COc1ccccc1S(=O)(=O)N[C@@H](CCO)C(=O)O. The number of hydrogen-bond acceptors (Lipinski definition) is 5. The molecule has 1 rings (SSSR count). The summed E-state index contributed by atoms with van der Waals surface area (Å²) in [5.41, 5.74) is 0. The zero-order valence-electron chi connectivity index (χ0n) is 10.2. The number of methoxy groups -OCH3 is 1. The molecule has 0 spiro atoms. The number of aliphatic hydroxyl groups is 1. The molecule has 7 nitrogen and oxygen atoms in total. The van der Waals surface area contributed by atoms with Gasteiger partial charge in [0.25, 0.3) is 0 Å². The van der Waals surface area contributed by atoms with Gasteiger partial charge < -0.3 is 14.9 Å². The molecular formula is C11H15NO6S. The summed E-state index contributed by atoms with van der Waals surface area (Å²) in [6.45, 7) is -0.439. The zero-order chi connectivity index (χ0) is 14.5. The summed E-state index contributed by atoms with van der Waals surface area (Å²) in [5, 5.41) is 17.6. The summed E-state index contributed by atoms with van der Waals surface area (Å²) >= 11 is 0. The van der Waals surface area contributed by atoms with Crippen molar-refractivity contribution in [2.45, 2.75) is 17.4 Å². The number of aliphatic hydroxyl groups excluding tert-OH is 1. The minimum atomic E-state index is -4.04. The molecule has 0 saturated heterocycles. The van der Waals surface area contributed by atoms with Gasteiger partial charge in [0.15, 0.2) is 0 Å². The minimum absolute atomic E-state index is 0.114. The number of carbonyl (C=O) groups is 1. The van der Waals surface area contributed by atoms with E-state index in [1.807, 2.05) is 4.72 Å². The summed E-state index contributed by atoms with van der Waals surface area (Å²) in [5.74, 6) is -1.24. The number of hydrogen-bond donors (Lipinski definition) is 3. The van der Waals surface area contributed by atoms with E-state index in [0.29, 0.717) is 0 Å². The molecule has 0 unspecified atom stereocenters. The second-order valence-corrected chi connectivity index (χ2v) is 5.36. The lowest BCUT2D eigenvalue weighted by Crippen LogP contribution is -2.41. The molecule has 1 aromatic carbocycles. The van der Waals surface area contributed by atoms with Gasteiger partial charge in [-0.05, 0) is 18.6 Å². The fourth-order valence-corrected chi connectivity index (χ4v) is 2.85. The summed E-state index contributed by atoms with van der Waals surface area (Å²) < 4.78 is 31.1. The first kappa shape index (κ1) is 15.4. The topological polar surface area (TPSA) is 113 Å². The summed E-state index contributed by atoms with van der Waals surface area (Å²) in [7, 11) is -2.72. The molecule has 0 heterocycles. The van der Waals surface area contributed by atoms with Crippen LogP contribution in [0, 0.1) is 0 Å². The standard InChI is InChI=1S/C11H15NO6S/c1-18-9-4-2-3-5-10(9)19(16,17)12-8(6-7-13)11(14)15/h2-5,8,12-13H,6-7H2,1H3,(H,14,15)/t8-/m0/s1. The largest absolute Gasteiger partial charge is 0.495 e. The van der Waals surface area contributed by atoms with Gasteiger partial charge in [-0.25, -0.2) is 8.42 Å². The third kappa shape index (κ3) is 3.91. The van der Waals surface area contributed by atoms with Crippen molar-refractivity contribution in [3.63, 3.8) is 0 Å². The number of nitrogens with one attached hydrogen (secondary N) is 1. The van der Waals surface area contributed by atoms with Gasteiger partial charge in [0, 0.05) is 6.61 Å². The Morgan fingerprint density at radius 2 is 2.05 bits per heavy atom. The second-order valence-electron chi connectivity index (χ2n) is 3.68. The van der Waals surface area contributed by atoms with Crippen molar-refractivity contribution in [1.29, 1.82) is 0 Å². The first-order valence-electron chi connectivity index (χ1n) is 5.41. The van der Waals surface area contributed by atoms with Crippen LogP contribution in [-0.4, -0.2) is 44.4 Å². The fraction of sp³-hybridized carbons (Fsp3) is 0.364. The van der Waals surface area contributed by atoms with Crippen LogP contribution in [0.1, 0.15) is 6.42 Å². The number of carboxylic acids is 1. The average Bonchev–Trinajstić information content (AvgIpc) is 2.38. The van der Waals surface area contributed by atoms with Crippen LogP contribution in [0.25, 0.3) is 0 Å². The van der Waals surface area contributed by atoms with Gasteiger partial charge in [-0.1, -0.05) is 12.1 Å². The predicted octanol–water partition coefficient (Wildman–Crippen LogP) is -0.191. The third-order valence-corrected chi connectivity index (χ3v) is 3.88. The highest BCUT2D eigenvalue weighted by molar-refractivity contribution is 7.89. The molecule has 0 amide bonds. The Kier molecular flexibility index (Phi) is 5.28. The third-order valence-electron chi connectivity index (χ3n) is 2.37. The number of aliphatic carboxylic acids is 1. The minimum Gasteiger partial charge on any atom is -0.495 e. The molecule has 0 radical (unpaired) electrons. The van der Waals surface area contributed by atoms with E-state index in [4.69, 9.17) is 14.9 Å². The Hall–Kier alpha value is -1.64. The Balaban J connectivity index is 3.06. The number of rotatable bonds is 7. The number of sulfonamides is 1. The maximum absolute atomic E-state index is 12.1. The summed E-state index contributed by atoms with van der Waals surface area (Å²) in [6.07, 6.45) is -0.219. The number of carboxylic acid groups (broad SMARTS) is 1. The van der Waals surface area contributed by atoms with E-state index in [9.17, 15) is 13.2 Å². The molecule has 19 heavy (non-hydrogen) atoms. The first-order valence-corrected chi connectivity index (χ1v) is 6.89. The van der Waals surface area contributed by atoms with Crippen molar-refractivity contribution in [3.8, 4) is 5.75 Å². The van der Waals surface area contributed by atoms with E-state index in [1.165, 1.54) is 25.3 Å². The average molecular weight is 289 g/mol. The van der Waals surface area contributed by atoms with Gasteiger partial charge in [-0.15, -0.1) is 0 Å². The molecule has 1 aromatic rings. The summed E-state index contributed by atoms with van der Waals surface area (Å²) in [6, 6.07) is 4.47. The maximum atomic E-state index is 12.1. The van der Waals surface area contributed by atoms with Crippen LogP contribution in [0.15, 0.2) is 29.2 Å². The second kappa shape index (κ2) is 6.50. The molecule has 0 aliphatic carbocycles. The Bertz CT molecular complexity index is 542. The lowest BCUT2D eigenvalue weighted by atomic mass is 10.2. The van der Waals surface area contributed by atoms with Crippen LogP contribution in [0.5, 0.6) is 5.75 Å². The molecule has 0 saturated carbocycles. The zero-order valence-corrected chi connectivity index (χ0v) is 11.1.